The van der Waals surface area contributed by atoms with Gasteiger partial charge in [0.05, 0.1) is 17.3 Å². The van der Waals surface area contributed by atoms with Gasteiger partial charge < -0.3 is 14.3 Å². The summed E-state index contributed by atoms with van der Waals surface area (Å²) in [6, 6.07) is 11.3. The first-order valence-electron chi connectivity index (χ1n) is 5.36. The summed E-state index contributed by atoms with van der Waals surface area (Å²) in [4.78, 5) is 0. The van der Waals surface area contributed by atoms with Crippen molar-refractivity contribution in [2.75, 3.05) is 6.61 Å². The van der Waals surface area contributed by atoms with Crippen molar-refractivity contribution in [1.82, 2.24) is 0 Å². The Labute approximate surface area is 108 Å². The lowest BCUT2D eigenvalue weighted by Gasteiger charge is -2.10. The third-order valence-corrected chi connectivity index (χ3v) is 3.01. The Morgan fingerprint density at radius 1 is 1.24 bits per heavy atom. The van der Waals surface area contributed by atoms with E-state index in [0.29, 0.717) is 18.8 Å². The molecule has 2 rings (SSSR count). The highest BCUT2D eigenvalue weighted by Gasteiger charge is 2.14. The molecule has 0 radical (unpaired) electrons. The van der Waals surface area contributed by atoms with Crippen LogP contribution in [0.4, 0.5) is 0 Å². The molecule has 0 amide bonds. The molecule has 4 heteroatoms. The zero-order valence-corrected chi connectivity index (χ0v) is 10.8. The first kappa shape index (κ1) is 12.2. The summed E-state index contributed by atoms with van der Waals surface area (Å²) in [5.74, 6) is 1.35. The molecule has 1 atom stereocenters. The number of rotatable bonds is 5. The van der Waals surface area contributed by atoms with Gasteiger partial charge in [0.2, 0.25) is 0 Å². The van der Waals surface area contributed by atoms with Crippen LogP contribution < -0.4 is 4.74 Å². The van der Waals surface area contributed by atoms with Gasteiger partial charge >= 0.3 is 0 Å². The molecule has 1 aromatic carbocycles. The summed E-state index contributed by atoms with van der Waals surface area (Å²) in [6.07, 6.45) is 1.38. The topological polar surface area (TPSA) is 42.6 Å². The molecular weight excluding hydrogens is 284 g/mol. The van der Waals surface area contributed by atoms with Crippen molar-refractivity contribution < 1.29 is 14.3 Å². The van der Waals surface area contributed by atoms with Gasteiger partial charge in [-0.25, -0.2) is 0 Å². The molecule has 0 fully saturated rings. The van der Waals surface area contributed by atoms with Crippen LogP contribution in [0.25, 0.3) is 0 Å². The molecule has 3 nitrogen and oxygen atoms in total. The predicted octanol–water partition coefficient (Wildman–Crippen LogP) is 3.54. The third kappa shape index (κ3) is 3.35. The maximum Gasteiger partial charge on any atom is 0.146 e. The first-order valence-corrected chi connectivity index (χ1v) is 6.15. The van der Waals surface area contributed by atoms with E-state index < -0.39 is 6.10 Å². The summed E-state index contributed by atoms with van der Waals surface area (Å²) < 4.78 is 11.5. The highest BCUT2D eigenvalue weighted by Crippen LogP contribution is 2.26. The number of ether oxygens (including phenoxy) is 1. The molecule has 1 N–H and O–H groups in total. The monoisotopic (exact) mass is 296 g/mol. The Hall–Kier alpha value is -1.26. The number of aliphatic hydroxyl groups excluding tert-OH is 1. The average molecular weight is 297 g/mol. The fourth-order valence-electron chi connectivity index (χ4n) is 1.48. The van der Waals surface area contributed by atoms with E-state index >= 15 is 0 Å². The molecule has 0 aliphatic carbocycles. The molecule has 0 spiro atoms. The molecule has 1 unspecified atom stereocenters. The van der Waals surface area contributed by atoms with E-state index in [1.54, 1.807) is 12.3 Å². The van der Waals surface area contributed by atoms with E-state index in [4.69, 9.17) is 9.15 Å². The van der Waals surface area contributed by atoms with Crippen molar-refractivity contribution in [2.45, 2.75) is 12.5 Å². The predicted molar refractivity (Wildman–Crippen MR) is 67.9 cm³/mol. The van der Waals surface area contributed by atoms with E-state index in [2.05, 4.69) is 15.9 Å². The van der Waals surface area contributed by atoms with Crippen LogP contribution in [-0.2, 0) is 0 Å². The van der Waals surface area contributed by atoms with E-state index in [-0.39, 0.29) is 0 Å². The molecule has 0 saturated heterocycles. The molecule has 1 aromatic heterocycles. The zero-order chi connectivity index (χ0) is 12.1. The Morgan fingerprint density at radius 3 is 2.65 bits per heavy atom. The van der Waals surface area contributed by atoms with Crippen LogP contribution in [0.15, 0.2) is 51.6 Å². The number of benzene rings is 1. The quantitative estimate of drug-likeness (QED) is 0.917. The minimum atomic E-state index is -0.650. The van der Waals surface area contributed by atoms with Gasteiger partial charge in [0.1, 0.15) is 17.6 Å². The molecule has 0 aliphatic rings. The maximum absolute atomic E-state index is 9.86. The largest absolute Gasteiger partial charge is 0.493 e. The number of para-hydroxylation sites is 1. The van der Waals surface area contributed by atoms with Crippen molar-refractivity contribution in [3.63, 3.8) is 0 Å². The highest BCUT2D eigenvalue weighted by atomic mass is 79.9. The molecule has 17 heavy (non-hydrogen) atoms. The molecule has 1 heterocycles. The van der Waals surface area contributed by atoms with E-state index in [0.717, 1.165) is 10.2 Å². The molecule has 0 saturated carbocycles. The van der Waals surface area contributed by atoms with Gasteiger partial charge in [-0.15, -0.1) is 0 Å². The lowest BCUT2D eigenvalue weighted by atomic mass is 10.2. The van der Waals surface area contributed by atoms with Crippen molar-refractivity contribution in [1.29, 1.82) is 0 Å². The molecular formula is C13H13BrO3. The second-order valence-electron chi connectivity index (χ2n) is 3.60. The van der Waals surface area contributed by atoms with Crippen LogP contribution >= 0.6 is 15.9 Å². The Bertz CT molecular complexity index is 453. The Balaban J connectivity index is 1.81. The third-order valence-electron chi connectivity index (χ3n) is 2.35. The molecule has 90 valence electrons. The van der Waals surface area contributed by atoms with Crippen molar-refractivity contribution in [3.05, 3.63) is 52.9 Å². The summed E-state index contributed by atoms with van der Waals surface area (Å²) in [6.45, 7) is 0.443. The second-order valence-corrected chi connectivity index (χ2v) is 4.45. The molecule has 2 aromatic rings. The normalized spacial score (nSPS) is 12.4. The van der Waals surface area contributed by atoms with Crippen molar-refractivity contribution >= 4 is 15.9 Å². The molecule has 0 aliphatic heterocycles. The van der Waals surface area contributed by atoms with E-state index in [1.807, 2.05) is 30.3 Å². The van der Waals surface area contributed by atoms with Crippen LogP contribution in [0.3, 0.4) is 0 Å². The lowest BCUT2D eigenvalue weighted by molar-refractivity contribution is 0.118. The van der Waals surface area contributed by atoms with Gasteiger partial charge in [-0.2, -0.15) is 0 Å². The van der Waals surface area contributed by atoms with Gasteiger partial charge in [-0.05, 0) is 34.1 Å². The van der Waals surface area contributed by atoms with Crippen molar-refractivity contribution in [2.24, 2.45) is 0 Å². The van der Waals surface area contributed by atoms with Gasteiger partial charge in [-0.1, -0.05) is 18.2 Å². The fourth-order valence-corrected chi connectivity index (χ4v) is 1.95. The standard InChI is InChI=1S/C13H13BrO3/c14-11-6-8-17-13(11)12(15)7-9-16-10-4-2-1-3-5-10/h1-6,8,12,15H,7,9H2. The number of halogens is 1. The maximum atomic E-state index is 9.86. The van der Waals surface area contributed by atoms with Crippen LogP contribution in [-0.4, -0.2) is 11.7 Å². The van der Waals surface area contributed by atoms with E-state index in [1.165, 1.54) is 0 Å². The van der Waals surface area contributed by atoms with Crippen molar-refractivity contribution in [3.8, 4) is 5.75 Å². The minimum absolute atomic E-state index is 0.443. The fraction of sp³-hybridized carbons (Fsp3) is 0.231. The van der Waals surface area contributed by atoms with Gasteiger partial charge in [0.15, 0.2) is 0 Å². The van der Waals surface area contributed by atoms with Crippen LogP contribution in [0.1, 0.15) is 18.3 Å². The Kier molecular flexibility index (Phi) is 4.23. The first-order chi connectivity index (χ1) is 8.27. The smallest absolute Gasteiger partial charge is 0.146 e. The zero-order valence-electron chi connectivity index (χ0n) is 9.17. The number of aliphatic hydroxyl groups is 1. The SMILES string of the molecule is OC(CCOc1ccccc1)c1occc1Br. The summed E-state index contributed by atoms with van der Waals surface area (Å²) in [5.41, 5.74) is 0. The Morgan fingerprint density at radius 2 is 2.00 bits per heavy atom. The minimum Gasteiger partial charge on any atom is -0.493 e. The number of hydrogen-bond acceptors (Lipinski definition) is 3. The number of furan rings is 1. The van der Waals surface area contributed by atoms with Gasteiger partial charge in [0.25, 0.3) is 0 Å². The summed E-state index contributed by atoms with van der Waals surface area (Å²) in [7, 11) is 0. The summed E-state index contributed by atoms with van der Waals surface area (Å²) in [5, 5.41) is 9.86. The molecule has 0 bridgehead atoms. The van der Waals surface area contributed by atoms with E-state index in [9.17, 15) is 5.11 Å². The van der Waals surface area contributed by atoms with Crippen LogP contribution in [0, 0.1) is 0 Å². The number of hydrogen-bond donors (Lipinski definition) is 1. The van der Waals surface area contributed by atoms with Crippen LogP contribution in [0.5, 0.6) is 5.75 Å². The summed E-state index contributed by atoms with van der Waals surface area (Å²) >= 11 is 3.31. The van der Waals surface area contributed by atoms with Crippen LogP contribution in [0.2, 0.25) is 0 Å². The second kappa shape index (κ2) is 5.89. The highest BCUT2D eigenvalue weighted by molar-refractivity contribution is 9.10. The lowest BCUT2D eigenvalue weighted by Crippen LogP contribution is -2.05. The average Bonchev–Trinajstić information content (AvgIpc) is 2.77. The van der Waals surface area contributed by atoms with Gasteiger partial charge in [0, 0.05) is 6.42 Å². The van der Waals surface area contributed by atoms with Gasteiger partial charge in [-0.3, -0.25) is 0 Å².